The second-order valence-corrected chi connectivity index (χ2v) is 6.86. The fourth-order valence-corrected chi connectivity index (χ4v) is 3.33. The molecule has 0 aromatic heterocycles. The summed E-state index contributed by atoms with van der Waals surface area (Å²) in [6.07, 6.45) is 6.57. The first kappa shape index (κ1) is 17.1. The van der Waals surface area contributed by atoms with E-state index in [1.165, 1.54) is 15.0 Å². The van der Waals surface area contributed by atoms with Gasteiger partial charge in [0.1, 0.15) is 0 Å². The normalized spacial score (nSPS) is 17.6. The molecule has 2 rings (SSSR count). The smallest absolute Gasteiger partial charge is 0.0778 e. The van der Waals surface area contributed by atoms with E-state index < -0.39 is 0 Å². The highest BCUT2D eigenvalue weighted by Gasteiger charge is 2.22. The molecule has 1 unspecified atom stereocenters. The molecule has 1 atom stereocenters. The fraction of sp³-hybridized carbons (Fsp3) is 0.500. The molecule has 1 heterocycles. The second-order valence-electron chi connectivity index (χ2n) is 5.32. The Kier molecular flexibility index (Phi) is 6.79. The summed E-state index contributed by atoms with van der Waals surface area (Å²) in [6, 6.07) is 6.34. The number of nitrogens with zero attached hydrogens (tertiary/aromatic N) is 1. The Morgan fingerprint density at radius 1 is 1.29 bits per heavy atom. The molecule has 21 heavy (non-hydrogen) atoms. The highest BCUT2D eigenvalue weighted by atomic mass is 127. The number of unbranched alkanes of at least 4 members (excludes halogenated alkanes) is 3. The quantitative estimate of drug-likeness (QED) is 0.393. The Morgan fingerprint density at radius 2 is 2.05 bits per heavy atom. The number of hydrogen-bond donors (Lipinski definition) is 2. The first-order valence-corrected chi connectivity index (χ1v) is 8.84. The zero-order valence-electron chi connectivity index (χ0n) is 12.3. The zero-order valence-corrected chi connectivity index (χ0v) is 15.2. The molecule has 2 N–H and O–H groups in total. The van der Waals surface area contributed by atoms with E-state index in [0.29, 0.717) is 6.61 Å². The van der Waals surface area contributed by atoms with Crippen LogP contribution in [0.2, 0.25) is 5.02 Å². The van der Waals surface area contributed by atoms with Crippen molar-refractivity contribution >= 4 is 39.9 Å². The average Bonchev–Trinajstić information content (AvgIpc) is 2.47. The van der Waals surface area contributed by atoms with Gasteiger partial charge in [0.05, 0.1) is 9.75 Å². The van der Waals surface area contributed by atoms with Gasteiger partial charge in [-0.1, -0.05) is 30.5 Å². The van der Waals surface area contributed by atoms with E-state index in [1.54, 1.807) is 0 Å². The number of nitrogens with one attached hydrogen (secondary N) is 1. The molecule has 0 bridgehead atoms. The number of benzene rings is 1. The standard InChI is InChI=1S/C16H22ClIN2O/c1-20-15-10-12(17)6-7-13(15)14(11-16(20)18)19-8-4-2-3-5-9-21/h6-7,10-11,14,19,21H,2-5,8-9H2,1H3. The van der Waals surface area contributed by atoms with Gasteiger partial charge < -0.3 is 15.3 Å². The summed E-state index contributed by atoms with van der Waals surface area (Å²) in [5.41, 5.74) is 2.45. The van der Waals surface area contributed by atoms with Gasteiger partial charge in [0.15, 0.2) is 0 Å². The molecule has 0 saturated heterocycles. The number of anilines is 1. The summed E-state index contributed by atoms with van der Waals surface area (Å²) in [6.45, 7) is 1.29. The third kappa shape index (κ3) is 4.58. The SMILES string of the molecule is CN1C(I)=CC(NCCCCCCO)c2ccc(Cl)cc21. The molecule has 1 aromatic rings. The molecular weight excluding hydrogens is 399 g/mol. The molecular formula is C16H22ClIN2O. The van der Waals surface area contributed by atoms with Gasteiger partial charge in [0, 0.05) is 24.4 Å². The molecule has 0 fully saturated rings. The minimum absolute atomic E-state index is 0.248. The summed E-state index contributed by atoms with van der Waals surface area (Å²) in [7, 11) is 2.07. The lowest BCUT2D eigenvalue weighted by atomic mass is 10.0. The van der Waals surface area contributed by atoms with E-state index in [0.717, 1.165) is 37.3 Å². The van der Waals surface area contributed by atoms with Crippen molar-refractivity contribution in [2.24, 2.45) is 0 Å². The van der Waals surface area contributed by atoms with Crippen molar-refractivity contribution in [3.05, 3.63) is 38.6 Å². The number of halogens is 2. The monoisotopic (exact) mass is 420 g/mol. The van der Waals surface area contributed by atoms with Gasteiger partial charge in [-0.15, -0.1) is 0 Å². The minimum atomic E-state index is 0.248. The van der Waals surface area contributed by atoms with E-state index in [9.17, 15) is 0 Å². The van der Waals surface area contributed by atoms with Gasteiger partial charge >= 0.3 is 0 Å². The molecule has 1 aliphatic rings. The fourth-order valence-electron chi connectivity index (χ4n) is 2.54. The van der Waals surface area contributed by atoms with Crippen molar-refractivity contribution in [1.82, 2.24) is 5.32 Å². The minimum Gasteiger partial charge on any atom is -0.396 e. The Bertz CT molecular complexity index is 507. The maximum Gasteiger partial charge on any atom is 0.0778 e. The molecule has 0 radical (unpaired) electrons. The van der Waals surface area contributed by atoms with E-state index in [-0.39, 0.29) is 6.04 Å². The van der Waals surface area contributed by atoms with Crippen LogP contribution in [0.4, 0.5) is 5.69 Å². The number of aliphatic hydroxyl groups excluding tert-OH is 1. The maximum absolute atomic E-state index is 8.77. The van der Waals surface area contributed by atoms with E-state index in [1.807, 2.05) is 12.1 Å². The van der Waals surface area contributed by atoms with Crippen molar-refractivity contribution in [1.29, 1.82) is 0 Å². The third-order valence-electron chi connectivity index (χ3n) is 3.76. The van der Waals surface area contributed by atoms with E-state index >= 15 is 0 Å². The zero-order chi connectivity index (χ0) is 15.2. The van der Waals surface area contributed by atoms with Crippen LogP contribution in [0.25, 0.3) is 0 Å². The molecule has 3 nitrogen and oxygen atoms in total. The van der Waals surface area contributed by atoms with Crippen molar-refractivity contribution in [3.8, 4) is 0 Å². The first-order valence-electron chi connectivity index (χ1n) is 7.38. The summed E-state index contributed by atoms with van der Waals surface area (Å²) in [4.78, 5) is 2.17. The number of fused-ring (bicyclic) bond motifs is 1. The number of hydrogen-bond acceptors (Lipinski definition) is 3. The van der Waals surface area contributed by atoms with Crippen LogP contribution in [0.5, 0.6) is 0 Å². The highest BCUT2D eigenvalue weighted by Crippen LogP contribution is 2.38. The number of aliphatic hydroxyl groups is 1. The first-order chi connectivity index (χ1) is 10.1. The lowest BCUT2D eigenvalue weighted by Crippen LogP contribution is -2.28. The van der Waals surface area contributed by atoms with Crippen LogP contribution in [0.15, 0.2) is 28.0 Å². The molecule has 0 aliphatic carbocycles. The second kappa shape index (κ2) is 8.36. The predicted octanol–water partition coefficient (Wildman–Crippen LogP) is 4.25. The van der Waals surface area contributed by atoms with Crippen molar-refractivity contribution in [3.63, 3.8) is 0 Å². The summed E-state index contributed by atoms with van der Waals surface area (Å²) < 4.78 is 1.21. The van der Waals surface area contributed by atoms with Crippen molar-refractivity contribution < 1.29 is 5.11 Å². The lowest BCUT2D eigenvalue weighted by Gasteiger charge is -2.31. The number of rotatable bonds is 7. The van der Waals surface area contributed by atoms with E-state index in [4.69, 9.17) is 16.7 Å². The van der Waals surface area contributed by atoms with Gasteiger partial charge in [0.25, 0.3) is 0 Å². The Balaban J connectivity index is 1.97. The van der Waals surface area contributed by atoms with E-state index in [2.05, 4.69) is 52.0 Å². The Morgan fingerprint density at radius 3 is 2.81 bits per heavy atom. The van der Waals surface area contributed by atoms with Crippen molar-refractivity contribution in [2.75, 3.05) is 25.1 Å². The van der Waals surface area contributed by atoms with Crippen LogP contribution in [0.3, 0.4) is 0 Å². The van der Waals surface area contributed by atoms with Crippen molar-refractivity contribution in [2.45, 2.75) is 31.7 Å². The molecule has 0 saturated carbocycles. The lowest BCUT2D eigenvalue weighted by molar-refractivity contribution is 0.282. The van der Waals surface area contributed by atoms with Gasteiger partial charge in [0.2, 0.25) is 0 Å². The molecule has 1 aliphatic heterocycles. The van der Waals surface area contributed by atoms with Gasteiger partial charge in [-0.25, -0.2) is 0 Å². The predicted molar refractivity (Wildman–Crippen MR) is 98.3 cm³/mol. The molecule has 1 aromatic carbocycles. The third-order valence-corrected chi connectivity index (χ3v) is 5.08. The molecule has 5 heteroatoms. The largest absolute Gasteiger partial charge is 0.396 e. The van der Waals surface area contributed by atoms with Crippen LogP contribution in [0.1, 0.15) is 37.3 Å². The average molecular weight is 421 g/mol. The molecule has 116 valence electrons. The Hall–Kier alpha value is -0.300. The van der Waals surface area contributed by atoms with Crippen LogP contribution >= 0.6 is 34.2 Å². The topological polar surface area (TPSA) is 35.5 Å². The van der Waals surface area contributed by atoms with Gasteiger partial charge in [-0.2, -0.15) is 0 Å². The summed E-state index contributed by atoms with van der Waals surface area (Å²) in [5, 5.41) is 13.2. The van der Waals surface area contributed by atoms with Gasteiger partial charge in [-0.05, 0) is 65.7 Å². The molecule has 0 amide bonds. The van der Waals surface area contributed by atoms with Gasteiger partial charge in [-0.3, -0.25) is 0 Å². The van der Waals surface area contributed by atoms with Crippen LogP contribution in [-0.2, 0) is 0 Å². The van der Waals surface area contributed by atoms with Crippen LogP contribution in [0, 0.1) is 0 Å². The summed E-state index contributed by atoms with van der Waals surface area (Å²) in [5.74, 6) is 0. The highest BCUT2D eigenvalue weighted by molar-refractivity contribution is 14.1. The summed E-state index contributed by atoms with van der Waals surface area (Å²) >= 11 is 8.49. The molecule has 0 spiro atoms. The Labute approximate surface area is 145 Å². The van der Waals surface area contributed by atoms with Crippen LogP contribution in [-0.4, -0.2) is 25.3 Å². The van der Waals surface area contributed by atoms with Crippen LogP contribution < -0.4 is 10.2 Å². The maximum atomic E-state index is 8.77.